The summed E-state index contributed by atoms with van der Waals surface area (Å²) >= 11 is 5.76. The molecule has 3 aromatic rings. The molecular formula is C17H13ClN4O3. The van der Waals surface area contributed by atoms with Crippen LogP contribution in [0.3, 0.4) is 0 Å². The van der Waals surface area contributed by atoms with E-state index in [1.165, 1.54) is 18.3 Å². The molecule has 0 spiro atoms. The van der Waals surface area contributed by atoms with Gasteiger partial charge in [0.05, 0.1) is 16.7 Å². The Labute approximate surface area is 147 Å². The summed E-state index contributed by atoms with van der Waals surface area (Å²) in [5, 5.41) is 15.6. The van der Waals surface area contributed by atoms with E-state index >= 15 is 0 Å². The molecule has 0 unspecified atom stereocenters. The lowest BCUT2D eigenvalue weighted by atomic mass is 10.2. The predicted octanol–water partition coefficient (Wildman–Crippen LogP) is 3.50. The van der Waals surface area contributed by atoms with Crippen LogP contribution >= 0.6 is 11.6 Å². The Bertz CT molecular complexity index is 1010. The Morgan fingerprint density at radius 1 is 1.32 bits per heavy atom. The van der Waals surface area contributed by atoms with Crippen LogP contribution in [-0.4, -0.2) is 21.6 Å². The van der Waals surface area contributed by atoms with Gasteiger partial charge in [0.2, 0.25) is 0 Å². The van der Waals surface area contributed by atoms with Gasteiger partial charge < -0.3 is 4.57 Å². The first-order valence-corrected chi connectivity index (χ1v) is 7.66. The lowest BCUT2D eigenvalue weighted by molar-refractivity contribution is -0.384. The van der Waals surface area contributed by atoms with Crippen molar-refractivity contribution in [3.05, 3.63) is 74.9 Å². The minimum Gasteiger partial charge on any atom is -0.350 e. The largest absolute Gasteiger partial charge is 0.350 e. The number of rotatable bonds is 4. The number of halogens is 1. The van der Waals surface area contributed by atoms with Gasteiger partial charge in [0.25, 0.3) is 11.6 Å². The SMILES string of the molecule is Cn1cc(C(=O)N/N=C\c2ccc(Cl)c([N+](=O)[O-])c2)c2ccccc21. The van der Waals surface area contributed by atoms with Crippen molar-refractivity contribution in [3.8, 4) is 0 Å². The van der Waals surface area contributed by atoms with Crippen LogP contribution < -0.4 is 5.43 Å². The van der Waals surface area contributed by atoms with Gasteiger partial charge >= 0.3 is 0 Å². The average molecular weight is 357 g/mol. The summed E-state index contributed by atoms with van der Waals surface area (Å²) in [7, 11) is 1.86. The number of aryl methyl sites for hydroxylation is 1. The maximum atomic E-state index is 12.3. The Balaban J connectivity index is 1.79. The highest BCUT2D eigenvalue weighted by Crippen LogP contribution is 2.24. The number of hydrazone groups is 1. The molecule has 25 heavy (non-hydrogen) atoms. The number of amides is 1. The van der Waals surface area contributed by atoms with Crippen LogP contribution in [0.1, 0.15) is 15.9 Å². The number of nitro groups is 1. The molecule has 0 bridgehead atoms. The number of nitro benzene ring substituents is 1. The van der Waals surface area contributed by atoms with E-state index < -0.39 is 4.92 Å². The molecule has 0 fully saturated rings. The van der Waals surface area contributed by atoms with Crippen LogP contribution in [0.5, 0.6) is 0 Å². The molecule has 3 rings (SSSR count). The van der Waals surface area contributed by atoms with Gasteiger partial charge in [0.1, 0.15) is 5.02 Å². The first-order valence-electron chi connectivity index (χ1n) is 7.29. The molecule has 1 heterocycles. The molecule has 0 atom stereocenters. The molecule has 1 aromatic heterocycles. The van der Waals surface area contributed by atoms with E-state index in [9.17, 15) is 14.9 Å². The number of carbonyl (C=O) groups excluding carboxylic acids is 1. The second-order valence-corrected chi connectivity index (χ2v) is 5.75. The molecule has 0 saturated carbocycles. The Hall–Kier alpha value is -3.19. The van der Waals surface area contributed by atoms with E-state index in [1.807, 2.05) is 35.9 Å². The van der Waals surface area contributed by atoms with E-state index in [4.69, 9.17) is 11.6 Å². The summed E-state index contributed by atoms with van der Waals surface area (Å²) < 4.78 is 1.86. The number of aromatic nitrogens is 1. The molecule has 0 saturated heterocycles. The highest BCUT2D eigenvalue weighted by molar-refractivity contribution is 6.32. The fraction of sp³-hybridized carbons (Fsp3) is 0.0588. The molecule has 0 radical (unpaired) electrons. The normalized spacial score (nSPS) is 11.1. The molecule has 126 valence electrons. The number of carbonyl (C=O) groups is 1. The number of para-hydroxylation sites is 1. The topological polar surface area (TPSA) is 89.5 Å². The Morgan fingerprint density at radius 3 is 2.84 bits per heavy atom. The lowest BCUT2D eigenvalue weighted by Crippen LogP contribution is -2.17. The number of nitrogens with one attached hydrogen (secondary N) is 1. The highest BCUT2D eigenvalue weighted by Gasteiger charge is 2.13. The van der Waals surface area contributed by atoms with Gasteiger partial charge in [-0.3, -0.25) is 14.9 Å². The first kappa shape index (κ1) is 16.7. The van der Waals surface area contributed by atoms with Crippen LogP contribution in [0.4, 0.5) is 5.69 Å². The van der Waals surface area contributed by atoms with Crippen molar-refractivity contribution in [2.24, 2.45) is 12.1 Å². The van der Waals surface area contributed by atoms with Crippen LogP contribution in [0.15, 0.2) is 53.8 Å². The van der Waals surface area contributed by atoms with Crippen molar-refractivity contribution in [1.29, 1.82) is 0 Å². The van der Waals surface area contributed by atoms with Crippen LogP contribution in [-0.2, 0) is 7.05 Å². The third-order valence-corrected chi connectivity index (χ3v) is 4.01. The fourth-order valence-corrected chi connectivity index (χ4v) is 2.68. The summed E-state index contributed by atoms with van der Waals surface area (Å²) in [5.41, 5.74) is 4.10. The Kier molecular flexibility index (Phi) is 4.49. The standard InChI is InChI=1S/C17H13ClN4O3/c1-21-10-13(12-4-2-3-5-15(12)21)17(23)20-19-9-11-6-7-14(18)16(8-11)22(24)25/h2-10H,1H3,(H,20,23)/b19-9-. The van der Waals surface area contributed by atoms with Crippen LogP contribution in [0.2, 0.25) is 5.02 Å². The predicted molar refractivity (Wildman–Crippen MR) is 96.1 cm³/mol. The molecule has 0 aliphatic rings. The summed E-state index contributed by atoms with van der Waals surface area (Å²) in [6.07, 6.45) is 3.05. The number of benzene rings is 2. The summed E-state index contributed by atoms with van der Waals surface area (Å²) in [4.78, 5) is 22.6. The molecule has 0 aliphatic heterocycles. The zero-order chi connectivity index (χ0) is 18.0. The Morgan fingerprint density at radius 2 is 2.08 bits per heavy atom. The van der Waals surface area contributed by atoms with Gasteiger partial charge in [0, 0.05) is 35.8 Å². The van der Waals surface area contributed by atoms with E-state index in [0.717, 1.165) is 10.9 Å². The first-order chi connectivity index (χ1) is 12.0. The molecule has 8 heteroatoms. The van der Waals surface area contributed by atoms with Gasteiger partial charge in [-0.15, -0.1) is 0 Å². The van der Waals surface area contributed by atoms with Crippen LogP contribution in [0.25, 0.3) is 10.9 Å². The van der Waals surface area contributed by atoms with E-state index in [2.05, 4.69) is 10.5 Å². The smallest absolute Gasteiger partial charge is 0.288 e. The molecule has 2 aromatic carbocycles. The summed E-state index contributed by atoms with van der Waals surface area (Å²) in [6.45, 7) is 0. The zero-order valence-corrected chi connectivity index (χ0v) is 13.9. The molecule has 7 nitrogen and oxygen atoms in total. The van der Waals surface area contributed by atoms with Crippen molar-refractivity contribution < 1.29 is 9.72 Å². The number of nitrogens with zero attached hydrogens (tertiary/aromatic N) is 3. The molecule has 1 amide bonds. The van der Waals surface area contributed by atoms with E-state index in [-0.39, 0.29) is 16.6 Å². The molecular weight excluding hydrogens is 344 g/mol. The maximum absolute atomic E-state index is 12.3. The van der Waals surface area contributed by atoms with Crippen molar-refractivity contribution in [2.75, 3.05) is 0 Å². The quantitative estimate of drug-likeness (QED) is 0.440. The third-order valence-electron chi connectivity index (χ3n) is 3.69. The maximum Gasteiger partial charge on any atom is 0.288 e. The molecule has 0 aliphatic carbocycles. The lowest BCUT2D eigenvalue weighted by Gasteiger charge is -1.99. The summed E-state index contributed by atoms with van der Waals surface area (Å²) in [6, 6.07) is 11.8. The van der Waals surface area contributed by atoms with Crippen molar-refractivity contribution in [3.63, 3.8) is 0 Å². The van der Waals surface area contributed by atoms with Gasteiger partial charge in [0.15, 0.2) is 0 Å². The minimum atomic E-state index is -0.575. The van der Waals surface area contributed by atoms with Crippen LogP contribution in [0, 0.1) is 10.1 Å². The zero-order valence-electron chi connectivity index (χ0n) is 13.1. The van der Waals surface area contributed by atoms with E-state index in [0.29, 0.717) is 11.1 Å². The number of hydrogen-bond acceptors (Lipinski definition) is 4. The van der Waals surface area contributed by atoms with Gasteiger partial charge in [-0.05, 0) is 12.1 Å². The van der Waals surface area contributed by atoms with Gasteiger partial charge in [-0.25, -0.2) is 5.43 Å². The van der Waals surface area contributed by atoms with Gasteiger partial charge in [-0.1, -0.05) is 35.9 Å². The number of hydrogen-bond donors (Lipinski definition) is 1. The van der Waals surface area contributed by atoms with Crippen molar-refractivity contribution in [1.82, 2.24) is 9.99 Å². The number of fused-ring (bicyclic) bond motifs is 1. The molecule has 1 N–H and O–H groups in total. The second-order valence-electron chi connectivity index (χ2n) is 5.34. The fourth-order valence-electron chi connectivity index (χ4n) is 2.50. The van der Waals surface area contributed by atoms with Gasteiger partial charge in [-0.2, -0.15) is 5.10 Å². The van der Waals surface area contributed by atoms with E-state index in [1.54, 1.807) is 12.3 Å². The van der Waals surface area contributed by atoms with Crippen molar-refractivity contribution in [2.45, 2.75) is 0 Å². The highest BCUT2D eigenvalue weighted by atomic mass is 35.5. The average Bonchev–Trinajstić information content (AvgIpc) is 2.93. The minimum absolute atomic E-state index is 0.0435. The van der Waals surface area contributed by atoms with Crippen molar-refractivity contribution >= 4 is 40.3 Å². The summed E-state index contributed by atoms with van der Waals surface area (Å²) in [5.74, 6) is -0.364. The monoisotopic (exact) mass is 356 g/mol. The third kappa shape index (κ3) is 3.36. The second kappa shape index (κ2) is 6.74.